The highest BCUT2D eigenvalue weighted by Crippen LogP contribution is 2.22. The van der Waals surface area contributed by atoms with Crippen molar-refractivity contribution in [1.82, 2.24) is 0 Å². The van der Waals surface area contributed by atoms with E-state index in [-0.39, 0.29) is 18.8 Å². The van der Waals surface area contributed by atoms with Crippen LogP contribution in [0.25, 0.3) is 0 Å². The summed E-state index contributed by atoms with van der Waals surface area (Å²) in [5, 5.41) is 8.82. The number of hydrogen-bond donors (Lipinski definition) is 1. The lowest BCUT2D eigenvalue weighted by Gasteiger charge is -2.22. The van der Waals surface area contributed by atoms with Crippen LogP contribution >= 0.6 is 0 Å². The van der Waals surface area contributed by atoms with Gasteiger partial charge in [-0.2, -0.15) is 0 Å². The van der Waals surface area contributed by atoms with Crippen LogP contribution in [0.2, 0.25) is 0 Å². The Morgan fingerprint density at radius 2 is 2.25 bits per heavy atom. The molecule has 0 bridgehead atoms. The Bertz CT molecular complexity index is 426. The van der Waals surface area contributed by atoms with Gasteiger partial charge in [0.25, 0.3) is 0 Å². The predicted molar refractivity (Wildman–Crippen MR) is 53.1 cm³/mol. The first-order valence-electron chi connectivity index (χ1n) is 4.77. The number of ether oxygens (including phenoxy) is 2. The highest BCUT2D eigenvalue weighted by molar-refractivity contribution is 5.87. The molecule has 1 heterocycles. The number of aromatic carboxylic acids is 1. The minimum atomic E-state index is -1.01. The molecule has 1 aliphatic heterocycles. The summed E-state index contributed by atoms with van der Waals surface area (Å²) in [4.78, 5) is 21.8. The predicted octanol–water partition coefficient (Wildman–Crippen LogP) is 0.999. The molecule has 0 saturated carbocycles. The first kappa shape index (κ1) is 10.6. The molecule has 5 nitrogen and oxygen atoms in total. The molecule has 84 valence electrons. The second-order valence-corrected chi connectivity index (χ2v) is 3.42. The van der Waals surface area contributed by atoms with Crippen molar-refractivity contribution < 1.29 is 24.2 Å². The Labute approximate surface area is 91.6 Å². The van der Waals surface area contributed by atoms with E-state index in [1.165, 1.54) is 12.1 Å². The Hall–Kier alpha value is -1.88. The Morgan fingerprint density at radius 1 is 1.44 bits per heavy atom. The Balaban J connectivity index is 2.22. The van der Waals surface area contributed by atoms with Gasteiger partial charge in [0.1, 0.15) is 6.61 Å². The number of carbonyl (C=O) groups is 2. The number of rotatable bonds is 2. The zero-order valence-corrected chi connectivity index (χ0v) is 8.38. The van der Waals surface area contributed by atoms with Gasteiger partial charge in [-0.1, -0.05) is 12.1 Å². The van der Waals surface area contributed by atoms with Crippen LogP contribution < -0.4 is 0 Å². The van der Waals surface area contributed by atoms with Crippen LogP contribution in [0.3, 0.4) is 0 Å². The third-order valence-corrected chi connectivity index (χ3v) is 2.27. The second kappa shape index (κ2) is 4.32. The molecule has 0 spiro atoms. The maximum atomic E-state index is 11.0. The number of esters is 1. The van der Waals surface area contributed by atoms with Gasteiger partial charge in [0.05, 0.1) is 12.2 Å². The number of benzene rings is 1. The Morgan fingerprint density at radius 3 is 2.94 bits per heavy atom. The van der Waals surface area contributed by atoms with Crippen LogP contribution in [0.1, 0.15) is 22.0 Å². The summed E-state index contributed by atoms with van der Waals surface area (Å²) in [6.07, 6.45) is -0.513. The van der Waals surface area contributed by atoms with Crippen molar-refractivity contribution >= 4 is 11.9 Å². The van der Waals surface area contributed by atoms with Gasteiger partial charge in [0, 0.05) is 0 Å². The highest BCUT2D eigenvalue weighted by Gasteiger charge is 2.23. The molecule has 0 amide bonds. The summed E-state index contributed by atoms with van der Waals surface area (Å²) in [7, 11) is 0. The van der Waals surface area contributed by atoms with E-state index in [1.807, 2.05) is 0 Å². The first-order valence-corrected chi connectivity index (χ1v) is 4.77. The summed E-state index contributed by atoms with van der Waals surface area (Å²) < 4.78 is 10.1. The van der Waals surface area contributed by atoms with Gasteiger partial charge >= 0.3 is 11.9 Å². The van der Waals surface area contributed by atoms with Gasteiger partial charge in [0.15, 0.2) is 6.10 Å². The van der Waals surface area contributed by atoms with Crippen molar-refractivity contribution in [3.63, 3.8) is 0 Å². The minimum absolute atomic E-state index is 0.0465. The zero-order chi connectivity index (χ0) is 11.5. The molecule has 5 heteroatoms. The fourth-order valence-electron chi connectivity index (χ4n) is 1.51. The van der Waals surface area contributed by atoms with E-state index in [9.17, 15) is 9.59 Å². The SMILES string of the molecule is O=C1COCC(c2cccc(C(=O)O)c2)O1. The van der Waals surface area contributed by atoms with E-state index in [0.29, 0.717) is 5.56 Å². The minimum Gasteiger partial charge on any atom is -0.478 e. The lowest BCUT2D eigenvalue weighted by atomic mass is 10.1. The lowest BCUT2D eigenvalue weighted by molar-refractivity contribution is -0.170. The smallest absolute Gasteiger partial charge is 0.335 e. The van der Waals surface area contributed by atoms with E-state index in [1.54, 1.807) is 12.1 Å². The van der Waals surface area contributed by atoms with Crippen molar-refractivity contribution in [2.45, 2.75) is 6.10 Å². The highest BCUT2D eigenvalue weighted by atomic mass is 16.6. The molecule has 1 N–H and O–H groups in total. The molecule has 1 aliphatic rings. The maximum absolute atomic E-state index is 11.0. The van der Waals surface area contributed by atoms with E-state index >= 15 is 0 Å². The van der Waals surface area contributed by atoms with Crippen LogP contribution in [-0.2, 0) is 14.3 Å². The fraction of sp³-hybridized carbons (Fsp3) is 0.273. The summed E-state index contributed by atoms with van der Waals surface area (Å²) in [5.74, 6) is -1.44. The van der Waals surface area contributed by atoms with Crippen LogP contribution in [0.15, 0.2) is 24.3 Å². The average Bonchev–Trinajstić information content (AvgIpc) is 2.29. The molecular formula is C11H10O5. The standard InChI is InChI=1S/C11H10O5/c12-10-6-15-5-9(16-10)7-2-1-3-8(4-7)11(13)14/h1-4,9H,5-6H2,(H,13,14). The quantitative estimate of drug-likeness (QED) is 0.755. The largest absolute Gasteiger partial charge is 0.478 e. The summed E-state index contributed by atoms with van der Waals surface area (Å²) in [6, 6.07) is 6.28. The van der Waals surface area contributed by atoms with Crippen molar-refractivity contribution in [1.29, 1.82) is 0 Å². The van der Waals surface area contributed by atoms with E-state index < -0.39 is 18.0 Å². The van der Waals surface area contributed by atoms with Gasteiger partial charge in [-0.15, -0.1) is 0 Å². The van der Waals surface area contributed by atoms with E-state index in [2.05, 4.69) is 0 Å². The molecule has 0 radical (unpaired) electrons. The number of carboxylic acids is 1. The zero-order valence-electron chi connectivity index (χ0n) is 8.38. The molecule has 2 rings (SSSR count). The summed E-state index contributed by atoms with van der Waals surface area (Å²) in [5.41, 5.74) is 0.798. The van der Waals surface area contributed by atoms with Crippen molar-refractivity contribution in [3.05, 3.63) is 35.4 Å². The molecule has 1 aromatic carbocycles. The fourth-order valence-corrected chi connectivity index (χ4v) is 1.51. The monoisotopic (exact) mass is 222 g/mol. The number of hydrogen-bond acceptors (Lipinski definition) is 4. The van der Waals surface area contributed by atoms with Gasteiger partial charge < -0.3 is 14.6 Å². The number of carbonyl (C=O) groups excluding carboxylic acids is 1. The molecule has 1 aromatic rings. The van der Waals surface area contributed by atoms with Gasteiger partial charge in [-0.05, 0) is 17.7 Å². The lowest BCUT2D eigenvalue weighted by Crippen LogP contribution is -2.27. The van der Waals surface area contributed by atoms with Crippen LogP contribution in [0, 0.1) is 0 Å². The van der Waals surface area contributed by atoms with E-state index in [0.717, 1.165) is 0 Å². The molecule has 1 atom stereocenters. The third-order valence-electron chi connectivity index (χ3n) is 2.27. The Kier molecular flexibility index (Phi) is 2.87. The van der Waals surface area contributed by atoms with Crippen molar-refractivity contribution in [2.24, 2.45) is 0 Å². The third kappa shape index (κ3) is 2.20. The average molecular weight is 222 g/mol. The number of cyclic esters (lactones) is 1. The molecule has 0 aliphatic carbocycles. The first-order chi connectivity index (χ1) is 7.66. The molecule has 16 heavy (non-hydrogen) atoms. The topological polar surface area (TPSA) is 72.8 Å². The molecule has 0 aromatic heterocycles. The molecule has 1 fully saturated rings. The molecule has 1 saturated heterocycles. The van der Waals surface area contributed by atoms with E-state index in [4.69, 9.17) is 14.6 Å². The summed E-state index contributed by atoms with van der Waals surface area (Å²) in [6.45, 7) is 0.212. The number of carboxylic acid groups (broad SMARTS) is 1. The maximum Gasteiger partial charge on any atom is 0.335 e. The normalized spacial score (nSPS) is 20.2. The van der Waals surface area contributed by atoms with Crippen LogP contribution in [0.5, 0.6) is 0 Å². The van der Waals surface area contributed by atoms with Gasteiger partial charge in [-0.25, -0.2) is 9.59 Å². The van der Waals surface area contributed by atoms with Gasteiger partial charge in [0.2, 0.25) is 0 Å². The van der Waals surface area contributed by atoms with Crippen molar-refractivity contribution in [3.8, 4) is 0 Å². The van der Waals surface area contributed by atoms with Crippen molar-refractivity contribution in [2.75, 3.05) is 13.2 Å². The molecular weight excluding hydrogens is 212 g/mol. The van der Waals surface area contributed by atoms with Crippen LogP contribution in [-0.4, -0.2) is 30.3 Å². The van der Waals surface area contributed by atoms with Crippen LogP contribution in [0.4, 0.5) is 0 Å². The second-order valence-electron chi connectivity index (χ2n) is 3.42. The molecule has 1 unspecified atom stereocenters. The summed E-state index contributed by atoms with van der Waals surface area (Å²) >= 11 is 0. The van der Waals surface area contributed by atoms with Gasteiger partial charge in [-0.3, -0.25) is 0 Å².